The zero-order valence-corrected chi connectivity index (χ0v) is 24.2. The van der Waals surface area contributed by atoms with Gasteiger partial charge >= 0.3 is 0 Å². The third kappa shape index (κ3) is 4.32. The molecule has 0 radical (unpaired) electrons. The quantitative estimate of drug-likeness (QED) is 0.224. The molecule has 7 rings (SSSR count). The average molecular weight is 586 g/mol. The fourth-order valence-corrected chi connectivity index (χ4v) is 6.33. The minimum Gasteiger partial charge on any atom is -0.396 e. The van der Waals surface area contributed by atoms with Gasteiger partial charge in [-0.3, -0.25) is 24.1 Å². The Balaban J connectivity index is 1.25. The van der Waals surface area contributed by atoms with Crippen LogP contribution in [0.2, 0.25) is 0 Å². The van der Waals surface area contributed by atoms with E-state index in [1.54, 1.807) is 26.7 Å². The topological polar surface area (TPSA) is 112 Å². The molecule has 2 aliphatic heterocycles. The summed E-state index contributed by atoms with van der Waals surface area (Å²) in [7, 11) is 0. The molecule has 2 aliphatic rings. The third-order valence-electron chi connectivity index (χ3n) is 8.55. The SMILES string of the molecule is C[C@H](/C=C/CCn1cc(CCO)nn1)[C@@]1(O)C(=O)N(c2ccccc2)c2ccc(N3C(=O)c4cccc5cccc3c45)cc21. The van der Waals surface area contributed by atoms with Gasteiger partial charge in [0.1, 0.15) is 0 Å². The number of hydrogen-bond acceptors (Lipinski definition) is 6. The van der Waals surface area contributed by atoms with Gasteiger partial charge in [-0.25, -0.2) is 0 Å². The summed E-state index contributed by atoms with van der Waals surface area (Å²) in [4.78, 5) is 31.1. The molecular weight excluding hydrogens is 554 g/mol. The minimum atomic E-state index is -1.87. The van der Waals surface area contributed by atoms with Gasteiger partial charge in [-0.05, 0) is 54.3 Å². The number of rotatable bonds is 9. The number of carbonyl (C=O) groups excluding carboxylic acids is 2. The van der Waals surface area contributed by atoms with E-state index in [0.717, 1.165) is 22.2 Å². The summed E-state index contributed by atoms with van der Waals surface area (Å²) in [5, 5.41) is 31.5. The molecule has 3 heterocycles. The Morgan fingerprint density at radius 3 is 2.50 bits per heavy atom. The first-order chi connectivity index (χ1) is 21.4. The number of fused-ring (bicyclic) bond motifs is 1. The van der Waals surface area contributed by atoms with Crippen LogP contribution in [0.25, 0.3) is 10.8 Å². The molecule has 0 unspecified atom stereocenters. The number of aliphatic hydroxyl groups is 2. The second-order valence-corrected chi connectivity index (χ2v) is 11.2. The van der Waals surface area contributed by atoms with Crippen LogP contribution < -0.4 is 9.80 Å². The van der Waals surface area contributed by atoms with Gasteiger partial charge in [0.2, 0.25) is 0 Å². The van der Waals surface area contributed by atoms with E-state index >= 15 is 0 Å². The van der Waals surface area contributed by atoms with Crippen molar-refractivity contribution in [3.05, 3.63) is 120 Å². The fourth-order valence-electron chi connectivity index (χ4n) is 6.33. The first-order valence-corrected chi connectivity index (χ1v) is 14.7. The second kappa shape index (κ2) is 10.9. The van der Waals surface area contributed by atoms with E-state index < -0.39 is 17.4 Å². The molecule has 0 bridgehead atoms. The summed E-state index contributed by atoms with van der Waals surface area (Å²) >= 11 is 0. The number of para-hydroxylation sites is 1. The lowest BCUT2D eigenvalue weighted by Gasteiger charge is -2.28. The van der Waals surface area contributed by atoms with Crippen LogP contribution in [0, 0.1) is 5.92 Å². The lowest BCUT2D eigenvalue weighted by atomic mass is 9.82. The highest BCUT2D eigenvalue weighted by atomic mass is 16.3. The van der Waals surface area contributed by atoms with Crippen LogP contribution >= 0.6 is 0 Å². The van der Waals surface area contributed by atoms with Crippen molar-refractivity contribution < 1.29 is 19.8 Å². The Hall–Kier alpha value is -5.12. The van der Waals surface area contributed by atoms with Gasteiger partial charge in [0.25, 0.3) is 11.8 Å². The van der Waals surface area contributed by atoms with Crippen molar-refractivity contribution in [3.8, 4) is 0 Å². The molecule has 2 N–H and O–H groups in total. The van der Waals surface area contributed by atoms with Crippen LogP contribution in [-0.4, -0.2) is 43.6 Å². The number of aliphatic hydroxyl groups excluding tert-OH is 1. The molecule has 0 spiro atoms. The highest BCUT2D eigenvalue weighted by molar-refractivity contribution is 6.28. The first kappa shape index (κ1) is 27.7. The van der Waals surface area contributed by atoms with Gasteiger partial charge in [-0.15, -0.1) is 5.10 Å². The summed E-state index contributed by atoms with van der Waals surface area (Å²) in [6.45, 7) is 2.40. The van der Waals surface area contributed by atoms with E-state index in [2.05, 4.69) is 10.3 Å². The Bertz CT molecular complexity index is 1930. The smallest absolute Gasteiger partial charge is 0.268 e. The highest BCUT2D eigenvalue weighted by Gasteiger charge is 2.53. The van der Waals surface area contributed by atoms with Crippen molar-refractivity contribution in [2.24, 2.45) is 5.92 Å². The number of aromatic nitrogens is 3. The van der Waals surface area contributed by atoms with Gasteiger partial charge in [0, 0.05) is 54.0 Å². The maximum absolute atomic E-state index is 14.2. The van der Waals surface area contributed by atoms with Gasteiger partial charge in [-0.2, -0.15) is 0 Å². The van der Waals surface area contributed by atoms with Gasteiger partial charge in [0.05, 0.1) is 22.6 Å². The largest absolute Gasteiger partial charge is 0.396 e. The first-order valence-electron chi connectivity index (χ1n) is 14.7. The molecule has 0 saturated carbocycles. The number of benzene rings is 4. The molecule has 9 nitrogen and oxygen atoms in total. The number of aryl methyl sites for hydroxylation is 1. The van der Waals surface area contributed by atoms with E-state index in [-0.39, 0.29) is 12.5 Å². The fraction of sp³-hybridized carbons (Fsp3) is 0.200. The lowest BCUT2D eigenvalue weighted by molar-refractivity contribution is -0.138. The predicted octanol–water partition coefficient (Wildman–Crippen LogP) is 5.41. The standard InChI is InChI=1S/C35H31N5O4/c1-23(9-5-6-19-38-22-25(18-20-41)36-37-38)35(44)29-21-27(16-17-30(29)40(34(35)43)26-12-3-2-4-13-26)39-31-15-8-11-24-10-7-14-28(32(24)31)33(39)42/h2-5,7-17,21-23,41,44H,6,18-20H2,1H3/b9-5+/t23-,35+/m1/s1. The van der Waals surface area contributed by atoms with Gasteiger partial charge in [-0.1, -0.05) is 66.8 Å². The van der Waals surface area contributed by atoms with E-state index in [1.807, 2.05) is 97.9 Å². The predicted molar refractivity (Wildman–Crippen MR) is 168 cm³/mol. The zero-order valence-electron chi connectivity index (χ0n) is 24.2. The molecule has 4 aromatic carbocycles. The minimum absolute atomic E-state index is 0.0143. The van der Waals surface area contributed by atoms with Crippen molar-refractivity contribution >= 4 is 45.3 Å². The Labute approximate surface area is 254 Å². The number of allylic oxidation sites excluding steroid dienone is 1. The van der Waals surface area contributed by atoms with Crippen LogP contribution in [0.3, 0.4) is 0 Å². The molecule has 9 heteroatoms. The van der Waals surface area contributed by atoms with Gasteiger partial charge < -0.3 is 10.2 Å². The number of carbonyl (C=O) groups is 2. The van der Waals surface area contributed by atoms with E-state index in [9.17, 15) is 14.7 Å². The van der Waals surface area contributed by atoms with E-state index in [4.69, 9.17) is 5.11 Å². The van der Waals surface area contributed by atoms with E-state index in [1.165, 1.54) is 0 Å². The lowest BCUT2D eigenvalue weighted by Crippen LogP contribution is -2.42. The number of amides is 2. The summed E-state index contributed by atoms with van der Waals surface area (Å²) in [6, 6.07) is 26.2. The summed E-state index contributed by atoms with van der Waals surface area (Å²) in [5.41, 5.74) is 2.51. The van der Waals surface area contributed by atoms with Crippen LogP contribution in [0.15, 0.2) is 103 Å². The molecule has 44 heavy (non-hydrogen) atoms. The summed E-state index contributed by atoms with van der Waals surface area (Å²) in [6.07, 6.45) is 6.64. The maximum Gasteiger partial charge on any atom is 0.268 e. The van der Waals surface area contributed by atoms with E-state index in [0.29, 0.717) is 47.6 Å². The average Bonchev–Trinajstić information content (AvgIpc) is 3.68. The molecule has 1 aromatic heterocycles. The Morgan fingerprint density at radius 1 is 0.909 bits per heavy atom. The number of anilines is 4. The normalized spacial score (nSPS) is 18.2. The third-order valence-corrected chi connectivity index (χ3v) is 8.55. The molecule has 0 aliphatic carbocycles. The highest BCUT2D eigenvalue weighted by Crippen LogP contribution is 2.51. The Morgan fingerprint density at radius 2 is 1.70 bits per heavy atom. The molecule has 2 atom stereocenters. The molecule has 220 valence electrons. The second-order valence-electron chi connectivity index (χ2n) is 11.2. The Kier molecular flexibility index (Phi) is 6.84. The van der Waals surface area contributed by atoms with Crippen LogP contribution in [-0.2, 0) is 23.4 Å². The maximum atomic E-state index is 14.2. The molecule has 0 saturated heterocycles. The van der Waals surface area contributed by atoms with Crippen LogP contribution in [0.5, 0.6) is 0 Å². The van der Waals surface area contributed by atoms with Crippen LogP contribution in [0.1, 0.15) is 35.0 Å². The van der Waals surface area contributed by atoms with Crippen molar-refractivity contribution in [1.29, 1.82) is 0 Å². The van der Waals surface area contributed by atoms with Crippen LogP contribution in [0.4, 0.5) is 22.7 Å². The monoisotopic (exact) mass is 585 g/mol. The molecule has 0 fully saturated rings. The van der Waals surface area contributed by atoms with Crippen molar-refractivity contribution in [2.45, 2.75) is 31.9 Å². The van der Waals surface area contributed by atoms with Gasteiger partial charge in [0.15, 0.2) is 5.60 Å². The number of nitrogens with zero attached hydrogens (tertiary/aromatic N) is 5. The molecule has 2 amide bonds. The van der Waals surface area contributed by atoms with Crippen molar-refractivity contribution in [1.82, 2.24) is 15.0 Å². The zero-order chi connectivity index (χ0) is 30.4. The molecular formula is C35H31N5O4. The summed E-state index contributed by atoms with van der Waals surface area (Å²) in [5.74, 6) is -1.18. The van der Waals surface area contributed by atoms with Crippen molar-refractivity contribution in [3.63, 3.8) is 0 Å². The number of hydrogen-bond donors (Lipinski definition) is 2. The molecule has 5 aromatic rings. The summed E-state index contributed by atoms with van der Waals surface area (Å²) < 4.78 is 1.71. The van der Waals surface area contributed by atoms with Crippen molar-refractivity contribution in [2.75, 3.05) is 16.4 Å².